The predicted molar refractivity (Wildman–Crippen MR) is 143 cm³/mol. The van der Waals surface area contributed by atoms with Crippen molar-refractivity contribution in [3.05, 3.63) is 89.7 Å². The molecule has 0 radical (unpaired) electrons. The quantitative estimate of drug-likeness (QED) is 0.328. The van der Waals surface area contributed by atoms with Gasteiger partial charge in [0.1, 0.15) is 5.75 Å². The average Bonchev–Trinajstić information content (AvgIpc) is 3.20. The Balaban J connectivity index is 1.61. The second-order valence-corrected chi connectivity index (χ2v) is 12.7. The number of sulfonamides is 1. The van der Waals surface area contributed by atoms with Crippen LogP contribution in [0, 0.1) is 0 Å². The summed E-state index contributed by atoms with van der Waals surface area (Å²) < 4.78 is 59.1. The van der Waals surface area contributed by atoms with Gasteiger partial charge in [-0.3, -0.25) is 9.52 Å². The highest BCUT2D eigenvalue weighted by atomic mass is 32.2. The van der Waals surface area contributed by atoms with Crippen LogP contribution in [0.2, 0.25) is 0 Å². The Hall–Kier alpha value is -3.74. The zero-order valence-electron chi connectivity index (χ0n) is 19.9. The van der Waals surface area contributed by atoms with Crippen LogP contribution < -0.4 is 14.3 Å². The molecule has 1 amide bonds. The van der Waals surface area contributed by atoms with Crippen LogP contribution in [0.3, 0.4) is 0 Å². The zero-order valence-corrected chi connectivity index (χ0v) is 22.4. The van der Waals surface area contributed by atoms with Gasteiger partial charge in [-0.15, -0.1) is 6.58 Å². The van der Waals surface area contributed by atoms with Gasteiger partial charge in [0.05, 0.1) is 27.1 Å². The number of methoxy groups -OCH3 is 1. The molecule has 0 aliphatic rings. The Morgan fingerprint density at radius 3 is 2.27 bits per heavy atom. The van der Waals surface area contributed by atoms with Crippen LogP contribution in [-0.2, 0) is 26.4 Å². The molecule has 1 heterocycles. The lowest BCUT2D eigenvalue weighted by atomic mass is 10.2. The number of anilines is 1. The third-order valence-electron chi connectivity index (χ3n) is 5.35. The summed E-state index contributed by atoms with van der Waals surface area (Å²) in [4.78, 5) is 17.8. The molecule has 0 atom stereocenters. The van der Waals surface area contributed by atoms with E-state index in [9.17, 15) is 21.6 Å². The van der Waals surface area contributed by atoms with Crippen LogP contribution in [0.15, 0.2) is 94.2 Å². The molecule has 192 valence electrons. The number of hydrogen-bond donors (Lipinski definition) is 1. The van der Waals surface area contributed by atoms with Crippen LogP contribution in [-0.4, -0.2) is 40.7 Å². The number of carbonyl (C=O) groups is 1. The molecule has 0 saturated carbocycles. The molecule has 4 aromatic rings. The number of amides is 1. The molecule has 0 fully saturated rings. The zero-order chi connectivity index (χ0) is 26.8. The summed E-state index contributed by atoms with van der Waals surface area (Å²) in [5, 5.41) is 0. The first-order valence-corrected chi connectivity index (χ1v) is 15.0. The van der Waals surface area contributed by atoms with Crippen molar-refractivity contribution < 1.29 is 26.4 Å². The summed E-state index contributed by atoms with van der Waals surface area (Å²) in [6, 6.07) is 16.6. The molecular weight excluding hydrogens is 534 g/mol. The van der Waals surface area contributed by atoms with Gasteiger partial charge in [0, 0.05) is 24.1 Å². The number of benzene rings is 3. The van der Waals surface area contributed by atoms with Crippen molar-refractivity contribution in [2.45, 2.75) is 16.3 Å². The van der Waals surface area contributed by atoms with E-state index in [4.69, 9.17) is 4.74 Å². The van der Waals surface area contributed by atoms with E-state index in [1.54, 1.807) is 34.9 Å². The van der Waals surface area contributed by atoms with Crippen molar-refractivity contribution >= 4 is 53.0 Å². The van der Waals surface area contributed by atoms with E-state index in [0.29, 0.717) is 21.8 Å². The highest BCUT2D eigenvalue weighted by molar-refractivity contribution is 7.92. The van der Waals surface area contributed by atoms with E-state index in [-0.39, 0.29) is 21.0 Å². The molecule has 1 aromatic heterocycles. The number of nitrogens with zero attached hydrogens (tertiary/aromatic N) is 2. The summed E-state index contributed by atoms with van der Waals surface area (Å²) in [5.41, 5.74) is 1.27. The molecule has 1 N–H and O–H groups in total. The molecule has 4 rings (SSSR count). The van der Waals surface area contributed by atoms with Crippen molar-refractivity contribution in [2.24, 2.45) is 4.99 Å². The molecule has 0 saturated heterocycles. The molecule has 3 aromatic carbocycles. The lowest BCUT2D eigenvalue weighted by molar-refractivity contribution is 0.0998. The molecule has 0 aliphatic heterocycles. The number of nitrogens with one attached hydrogen (secondary N) is 1. The number of ether oxygens (including phenoxy) is 1. The number of thiazole rings is 1. The first kappa shape index (κ1) is 26.3. The van der Waals surface area contributed by atoms with Gasteiger partial charge in [-0.1, -0.05) is 17.4 Å². The fraction of sp³-hybridized carbons (Fsp3) is 0.120. The molecule has 9 nitrogen and oxygen atoms in total. The highest BCUT2D eigenvalue weighted by Crippen LogP contribution is 2.23. The number of carbonyl (C=O) groups excluding carboxylic acids is 1. The molecule has 0 aliphatic carbocycles. The van der Waals surface area contributed by atoms with Crippen LogP contribution in [0.1, 0.15) is 10.4 Å². The number of sulfone groups is 1. The minimum atomic E-state index is -3.83. The average molecular weight is 558 g/mol. The fourth-order valence-corrected chi connectivity index (χ4v) is 6.33. The second kappa shape index (κ2) is 10.3. The van der Waals surface area contributed by atoms with E-state index in [0.717, 1.165) is 11.8 Å². The van der Waals surface area contributed by atoms with E-state index in [1.165, 1.54) is 60.9 Å². The molecule has 0 unspecified atom stereocenters. The number of hydrogen-bond acceptors (Lipinski definition) is 7. The largest absolute Gasteiger partial charge is 0.497 e. The van der Waals surface area contributed by atoms with Gasteiger partial charge in [-0.05, 0) is 66.7 Å². The summed E-state index contributed by atoms with van der Waals surface area (Å²) in [7, 11) is -5.73. The van der Waals surface area contributed by atoms with Gasteiger partial charge in [-0.25, -0.2) is 16.8 Å². The summed E-state index contributed by atoms with van der Waals surface area (Å²) in [5.74, 6) is 0.00622. The molecule has 37 heavy (non-hydrogen) atoms. The maximum atomic E-state index is 12.9. The summed E-state index contributed by atoms with van der Waals surface area (Å²) in [6.45, 7) is 4.12. The van der Waals surface area contributed by atoms with Gasteiger partial charge in [0.2, 0.25) is 0 Å². The first-order chi connectivity index (χ1) is 17.5. The normalized spacial score (nSPS) is 12.4. The summed E-state index contributed by atoms with van der Waals surface area (Å²) in [6.07, 6.45) is 2.79. The highest BCUT2D eigenvalue weighted by Gasteiger charge is 2.16. The van der Waals surface area contributed by atoms with Crippen molar-refractivity contribution in [3.8, 4) is 5.75 Å². The molecule has 0 spiro atoms. The van der Waals surface area contributed by atoms with Gasteiger partial charge >= 0.3 is 0 Å². The van der Waals surface area contributed by atoms with Crippen molar-refractivity contribution in [3.63, 3.8) is 0 Å². The standard InChI is InChI=1S/C25H23N3O6S3/c1-4-15-28-22-14-13-21(36(3,30)31)16-23(22)35-25(28)26-24(29)17-5-7-18(8-6-17)27-37(32,33)20-11-9-19(34-2)10-12-20/h4-14,16,27H,1,15H2,2-3H3. The Kier molecular flexibility index (Phi) is 7.35. The van der Waals surface area contributed by atoms with Crippen LogP contribution in [0.5, 0.6) is 5.75 Å². The van der Waals surface area contributed by atoms with Gasteiger partial charge < -0.3 is 9.30 Å². The van der Waals surface area contributed by atoms with E-state index >= 15 is 0 Å². The van der Waals surface area contributed by atoms with Crippen LogP contribution in [0.25, 0.3) is 10.2 Å². The first-order valence-electron chi connectivity index (χ1n) is 10.8. The Bertz CT molecular complexity index is 1770. The number of aromatic nitrogens is 1. The lowest BCUT2D eigenvalue weighted by Gasteiger charge is -2.09. The van der Waals surface area contributed by atoms with Gasteiger partial charge in [0.25, 0.3) is 15.9 Å². The van der Waals surface area contributed by atoms with Gasteiger partial charge in [-0.2, -0.15) is 4.99 Å². The van der Waals surface area contributed by atoms with Crippen molar-refractivity contribution in [1.82, 2.24) is 4.57 Å². The number of rotatable bonds is 8. The Morgan fingerprint density at radius 1 is 1.03 bits per heavy atom. The van der Waals surface area contributed by atoms with E-state index < -0.39 is 25.8 Å². The Morgan fingerprint density at radius 2 is 1.68 bits per heavy atom. The molecule has 12 heteroatoms. The molecular formula is C25H23N3O6S3. The minimum absolute atomic E-state index is 0.0685. The SMILES string of the molecule is C=CCn1c(=NC(=O)c2ccc(NS(=O)(=O)c3ccc(OC)cc3)cc2)sc2cc(S(C)(=O)=O)ccc21. The van der Waals surface area contributed by atoms with Gasteiger partial charge in [0.15, 0.2) is 14.6 Å². The van der Waals surface area contributed by atoms with E-state index in [2.05, 4.69) is 16.3 Å². The monoisotopic (exact) mass is 557 g/mol. The number of fused-ring (bicyclic) bond motifs is 1. The lowest BCUT2D eigenvalue weighted by Crippen LogP contribution is -2.16. The van der Waals surface area contributed by atoms with Crippen LogP contribution >= 0.6 is 11.3 Å². The maximum Gasteiger partial charge on any atom is 0.279 e. The predicted octanol–water partition coefficient (Wildman–Crippen LogP) is 3.84. The summed E-state index contributed by atoms with van der Waals surface area (Å²) >= 11 is 1.19. The smallest absolute Gasteiger partial charge is 0.279 e. The third-order valence-corrected chi connectivity index (χ3v) is 8.89. The maximum absolute atomic E-state index is 12.9. The second-order valence-electron chi connectivity index (χ2n) is 7.96. The van der Waals surface area contributed by atoms with Crippen molar-refractivity contribution in [2.75, 3.05) is 18.1 Å². The fourth-order valence-electron chi connectivity index (χ4n) is 3.48. The Labute approximate surface area is 218 Å². The minimum Gasteiger partial charge on any atom is -0.497 e. The number of allylic oxidation sites excluding steroid dienone is 1. The topological polar surface area (TPSA) is 124 Å². The van der Waals surface area contributed by atoms with Crippen LogP contribution in [0.4, 0.5) is 5.69 Å². The van der Waals surface area contributed by atoms with Crippen molar-refractivity contribution in [1.29, 1.82) is 0 Å². The third kappa shape index (κ3) is 5.82. The van der Waals surface area contributed by atoms with E-state index in [1.807, 2.05) is 0 Å². The molecule has 0 bridgehead atoms.